The zero-order chi connectivity index (χ0) is 11.5. The van der Waals surface area contributed by atoms with Crippen molar-refractivity contribution in [2.24, 2.45) is 5.92 Å². The molecule has 90 valence electrons. The van der Waals surface area contributed by atoms with Gasteiger partial charge in [0.15, 0.2) is 6.29 Å². The molecular formula is C14H16O3. The van der Waals surface area contributed by atoms with E-state index in [1.54, 1.807) is 6.26 Å². The lowest BCUT2D eigenvalue weighted by Gasteiger charge is -2.36. The van der Waals surface area contributed by atoms with Crippen molar-refractivity contribution < 1.29 is 14.2 Å². The van der Waals surface area contributed by atoms with Gasteiger partial charge >= 0.3 is 0 Å². The molecule has 0 saturated carbocycles. The third-order valence-electron chi connectivity index (χ3n) is 3.25. The molecule has 3 rings (SSSR count). The molecule has 0 aliphatic carbocycles. The summed E-state index contributed by atoms with van der Waals surface area (Å²) in [6.45, 7) is 1.26. The van der Waals surface area contributed by atoms with Gasteiger partial charge in [-0.15, -0.1) is 0 Å². The van der Waals surface area contributed by atoms with Crippen LogP contribution in [0.15, 0.2) is 42.7 Å². The van der Waals surface area contributed by atoms with Crippen LogP contribution in [0.25, 0.3) is 0 Å². The first-order valence-corrected chi connectivity index (χ1v) is 6.01. The number of fused-ring (bicyclic) bond motifs is 2. The minimum absolute atomic E-state index is 0.0680. The largest absolute Gasteiger partial charge is 0.473 e. The van der Waals surface area contributed by atoms with E-state index < -0.39 is 0 Å². The lowest BCUT2D eigenvalue weighted by Crippen LogP contribution is -2.40. The van der Waals surface area contributed by atoms with Gasteiger partial charge < -0.3 is 14.2 Å². The van der Waals surface area contributed by atoms with E-state index in [-0.39, 0.29) is 12.4 Å². The zero-order valence-electron chi connectivity index (χ0n) is 9.62. The van der Waals surface area contributed by atoms with Crippen molar-refractivity contribution in [3.63, 3.8) is 0 Å². The Balaban J connectivity index is 1.58. The Morgan fingerprint density at radius 1 is 1.24 bits per heavy atom. The van der Waals surface area contributed by atoms with E-state index in [4.69, 9.17) is 14.2 Å². The second kappa shape index (κ2) is 4.90. The van der Waals surface area contributed by atoms with Crippen LogP contribution in [0.4, 0.5) is 0 Å². The van der Waals surface area contributed by atoms with Gasteiger partial charge in [0.2, 0.25) is 0 Å². The van der Waals surface area contributed by atoms with E-state index in [1.807, 2.05) is 18.2 Å². The van der Waals surface area contributed by atoms with Gasteiger partial charge in [0.05, 0.1) is 25.6 Å². The molecule has 1 aromatic carbocycles. The van der Waals surface area contributed by atoms with Crippen LogP contribution < -0.4 is 0 Å². The Morgan fingerprint density at radius 2 is 2.12 bits per heavy atom. The molecule has 0 radical (unpaired) electrons. The number of ether oxygens (including phenoxy) is 3. The Labute approximate surface area is 101 Å². The summed E-state index contributed by atoms with van der Waals surface area (Å²) in [5.74, 6) is 0.422. The Kier molecular flexibility index (Phi) is 3.12. The predicted octanol–water partition coefficient (Wildman–Crippen LogP) is 2.48. The van der Waals surface area contributed by atoms with E-state index in [0.717, 1.165) is 6.42 Å². The minimum atomic E-state index is -0.0680. The molecule has 17 heavy (non-hydrogen) atoms. The molecule has 2 bridgehead atoms. The molecule has 0 unspecified atom stereocenters. The molecule has 3 atom stereocenters. The normalized spacial score (nSPS) is 30.9. The maximum atomic E-state index is 5.92. The second-order valence-electron chi connectivity index (χ2n) is 4.46. The van der Waals surface area contributed by atoms with Crippen LogP contribution in [0.3, 0.4) is 0 Å². The van der Waals surface area contributed by atoms with Crippen LogP contribution in [0.1, 0.15) is 12.0 Å². The smallest absolute Gasteiger partial charge is 0.199 e. The fourth-order valence-electron chi connectivity index (χ4n) is 2.25. The van der Waals surface area contributed by atoms with Gasteiger partial charge in [-0.3, -0.25) is 0 Å². The SMILES string of the molecule is C1=C[C@@H]2C[C@H](O1)OC[C@@H]2OCc1ccccc1. The molecule has 3 nitrogen and oxygen atoms in total. The summed E-state index contributed by atoms with van der Waals surface area (Å²) in [4.78, 5) is 0. The van der Waals surface area contributed by atoms with Gasteiger partial charge in [-0.1, -0.05) is 30.3 Å². The molecule has 1 fully saturated rings. The molecule has 2 aliphatic rings. The van der Waals surface area contributed by atoms with Gasteiger partial charge in [0.25, 0.3) is 0 Å². The quantitative estimate of drug-likeness (QED) is 0.801. The van der Waals surface area contributed by atoms with E-state index in [9.17, 15) is 0 Å². The monoisotopic (exact) mass is 232 g/mol. The van der Waals surface area contributed by atoms with Crippen LogP contribution in [-0.4, -0.2) is 19.0 Å². The summed E-state index contributed by atoms with van der Waals surface area (Å²) < 4.78 is 16.8. The molecular weight excluding hydrogens is 216 g/mol. The van der Waals surface area contributed by atoms with Crippen LogP contribution in [0.2, 0.25) is 0 Å². The fourth-order valence-corrected chi connectivity index (χ4v) is 2.25. The van der Waals surface area contributed by atoms with Gasteiger partial charge in [0, 0.05) is 12.3 Å². The molecule has 0 aromatic heterocycles. The third-order valence-corrected chi connectivity index (χ3v) is 3.25. The topological polar surface area (TPSA) is 27.7 Å². The maximum absolute atomic E-state index is 5.92. The molecule has 0 amide bonds. The first-order chi connectivity index (χ1) is 8.42. The number of hydrogen-bond donors (Lipinski definition) is 0. The fraction of sp³-hybridized carbons (Fsp3) is 0.429. The first kappa shape index (κ1) is 10.8. The van der Waals surface area contributed by atoms with Crippen LogP contribution in [-0.2, 0) is 20.8 Å². The highest BCUT2D eigenvalue weighted by Gasteiger charge is 2.33. The molecule has 3 heteroatoms. The van der Waals surface area contributed by atoms with E-state index >= 15 is 0 Å². The van der Waals surface area contributed by atoms with Crippen LogP contribution in [0, 0.1) is 5.92 Å². The summed E-state index contributed by atoms with van der Waals surface area (Å²) in [6.07, 6.45) is 4.79. The third kappa shape index (κ3) is 2.51. The summed E-state index contributed by atoms with van der Waals surface area (Å²) in [7, 11) is 0. The van der Waals surface area contributed by atoms with Crippen molar-refractivity contribution in [2.75, 3.05) is 6.61 Å². The van der Waals surface area contributed by atoms with Crippen molar-refractivity contribution >= 4 is 0 Å². The predicted molar refractivity (Wildman–Crippen MR) is 63.1 cm³/mol. The van der Waals surface area contributed by atoms with Crippen molar-refractivity contribution in [1.29, 1.82) is 0 Å². The molecule has 1 saturated heterocycles. The molecule has 2 aliphatic heterocycles. The van der Waals surface area contributed by atoms with Gasteiger partial charge in [-0.25, -0.2) is 0 Å². The summed E-state index contributed by atoms with van der Waals surface area (Å²) in [6, 6.07) is 10.2. The van der Waals surface area contributed by atoms with Crippen LogP contribution in [0.5, 0.6) is 0 Å². The van der Waals surface area contributed by atoms with Gasteiger partial charge in [-0.2, -0.15) is 0 Å². The van der Waals surface area contributed by atoms with E-state index in [2.05, 4.69) is 18.2 Å². The van der Waals surface area contributed by atoms with E-state index in [1.165, 1.54) is 5.56 Å². The summed E-state index contributed by atoms with van der Waals surface area (Å²) >= 11 is 0. The molecule has 2 heterocycles. The molecule has 0 spiro atoms. The zero-order valence-corrected chi connectivity index (χ0v) is 9.62. The van der Waals surface area contributed by atoms with E-state index in [0.29, 0.717) is 19.1 Å². The summed E-state index contributed by atoms with van der Waals surface area (Å²) in [5, 5.41) is 0. The van der Waals surface area contributed by atoms with Gasteiger partial charge in [-0.05, 0) is 11.6 Å². The van der Waals surface area contributed by atoms with Crippen LogP contribution >= 0.6 is 0 Å². The van der Waals surface area contributed by atoms with Gasteiger partial charge in [0.1, 0.15) is 0 Å². The first-order valence-electron chi connectivity index (χ1n) is 6.01. The second-order valence-corrected chi connectivity index (χ2v) is 4.46. The van der Waals surface area contributed by atoms with Crippen molar-refractivity contribution in [1.82, 2.24) is 0 Å². The average molecular weight is 232 g/mol. The van der Waals surface area contributed by atoms with Crippen molar-refractivity contribution in [2.45, 2.75) is 25.4 Å². The number of rotatable bonds is 3. The minimum Gasteiger partial charge on any atom is -0.473 e. The van der Waals surface area contributed by atoms with Crippen molar-refractivity contribution in [3.8, 4) is 0 Å². The highest BCUT2D eigenvalue weighted by atomic mass is 16.7. The number of hydrogen-bond acceptors (Lipinski definition) is 3. The Hall–Kier alpha value is -1.32. The molecule has 0 N–H and O–H groups in total. The van der Waals surface area contributed by atoms with Crippen molar-refractivity contribution in [3.05, 3.63) is 48.2 Å². The highest BCUT2D eigenvalue weighted by Crippen LogP contribution is 2.29. The molecule has 1 aromatic rings. The summed E-state index contributed by atoms with van der Waals surface area (Å²) in [5.41, 5.74) is 1.20. The lowest BCUT2D eigenvalue weighted by molar-refractivity contribution is -0.196. The standard InChI is InChI=1S/C14H16O3/c1-2-4-11(5-3-1)9-16-13-10-17-14-8-12(13)6-7-15-14/h1-7,12-14H,8-10H2/t12-,13+,14-/m1/s1. The maximum Gasteiger partial charge on any atom is 0.199 e. The average Bonchev–Trinajstić information content (AvgIpc) is 2.40. The highest BCUT2D eigenvalue weighted by molar-refractivity contribution is 5.13. The Bertz CT molecular complexity index is 388. The lowest BCUT2D eigenvalue weighted by atomic mass is 9.95. The Morgan fingerprint density at radius 3 is 3.00 bits per heavy atom. The number of benzene rings is 1.